The minimum absolute atomic E-state index is 0.887. The molecule has 68 heavy (non-hydrogen) atoms. The lowest BCUT2D eigenvalue weighted by Crippen LogP contribution is -2.76. The van der Waals surface area contributed by atoms with E-state index in [0.29, 0.717) is 0 Å². The Kier molecular flexibility index (Phi) is 9.35. The van der Waals surface area contributed by atoms with Gasteiger partial charge in [0, 0.05) is 29.9 Å². The van der Waals surface area contributed by atoms with Crippen molar-refractivity contribution in [3.63, 3.8) is 0 Å². The smallest absolute Gasteiger partial charge is 0.188 e. The van der Waals surface area contributed by atoms with Gasteiger partial charge in [0.15, 0.2) is 16.1 Å². The Morgan fingerprint density at radius 1 is 0.485 bits per heavy atom. The first-order valence-electron chi connectivity index (χ1n) is 23.2. The van der Waals surface area contributed by atoms with Crippen LogP contribution in [0.3, 0.4) is 0 Å². The van der Waals surface area contributed by atoms with E-state index in [4.69, 9.17) is 14.7 Å². The predicted molar refractivity (Wildman–Crippen MR) is 286 cm³/mol. The molecule has 0 atom stereocenters. The van der Waals surface area contributed by atoms with E-state index in [1.807, 2.05) is 6.20 Å². The molecule has 12 aromatic rings. The number of rotatable bonds is 8. The first kappa shape index (κ1) is 40.0. The number of para-hydroxylation sites is 3. The Morgan fingerprint density at radius 2 is 1.09 bits per heavy atom. The van der Waals surface area contributed by atoms with Crippen LogP contribution in [0.5, 0.6) is 11.5 Å². The molecule has 0 aliphatic carbocycles. The quantitative estimate of drug-likeness (QED) is 0.114. The molecule has 7 heteroatoms. The third-order valence-corrected chi connectivity index (χ3v) is 23.8. The van der Waals surface area contributed by atoms with Crippen molar-refractivity contribution >= 4 is 90.6 Å². The summed E-state index contributed by atoms with van der Waals surface area (Å²) in [7, 11) is -3.82. The van der Waals surface area contributed by atoms with Gasteiger partial charge in [0.05, 0.1) is 21.9 Å². The molecule has 0 fully saturated rings. The summed E-state index contributed by atoms with van der Waals surface area (Å²) in [5.74, 6) is 2.76. The molecule has 0 saturated heterocycles. The van der Waals surface area contributed by atoms with Crippen LogP contribution in [0, 0.1) is 0 Å². The van der Waals surface area contributed by atoms with Gasteiger partial charge in [-0.05, 0) is 90.0 Å². The molecule has 0 bridgehead atoms. The van der Waals surface area contributed by atoms with E-state index in [-0.39, 0.29) is 0 Å². The SMILES string of the molecule is Cn1c(-c2cccc([Si](c3ccccc3)(c3ccccc3)c3cccc(-n4c5ccc6c(c5c5cccnc54)Oc4ccccc4[Si]6(c4ccccc4)c4ccccc4)c3)c2)nc2ccccc21. The second kappa shape index (κ2) is 15.9. The average Bonchev–Trinajstić information content (AvgIpc) is 3.94. The van der Waals surface area contributed by atoms with E-state index < -0.39 is 16.1 Å². The monoisotopic (exact) mass is 904 g/mol. The largest absolute Gasteiger partial charge is 0.457 e. The van der Waals surface area contributed by atoms with Crippen LogP contribution < -0.4 is 46.2 Å². The lowest BCUT2D eigenvalue weighted by atomic mass is 10.1. The summed E-state index contributed by atoms with van der Waals surface area (Å²) in [6.07, 6.45) is 1.91. The maximum Gasteiger partial charge on any atom is 0.188 e. The van der Waals surface area contributed by atoms with E-state index in [9.17, 15) is 0 Å². The third-order valence-electron chi connectivity index (χ3n) is 14.3. The topological polar surface area (TPSA) is 44.9 Å². The Bertz CT molecular complexity index is 3770. The molecule has 5 nitrogen and oxygen atoms in total. The molecular formula is C61H44N4OSi2. The summed E-state index contributed by atoms with van der Waals surface area (Å²) >= 11 is 0. The zero-order valence-corrected chi connectivity index (χ0v) is 39.4. The molecular weight excluding hydrogens is 861 g/mol. The zero-order chi connectivity index (χ0) is 45.2. The fourth-order valence-corrected chi connectivity index (χ4v) is 21.2. The van der Waals surface area contributed by atoms with Crippen LogP contribution in [0.4, 0.5) is 0 Å². The zero-order valence-electron chi connectivity index (χ0n) is 37.4. The number of ether oxygens (including phenoxy) is 1. The van der Waals surface area contributed by atoms with Gasteiger partial charge in [-0.25, -0.2) is 9.97 Å². The van der Waals surface area contributed by atoms with Crippen LogP contribution in [-0.4, -0.2) is 35.2 Å². The summed E-state index contributed by atoms with van der Waals surface area (Å²) < 4.78 is 11.8. The highest BCUT2D eigenvalue weighted by Crippen LogP contribution is 2.41. The van der Waals surface area contributed by atoms with E-state index in [1.165, 1.54) is 41.5 Å². The number of nitrogens with zero attached hydrogens (tertiary/aromatic N) is 4. The highest BCUT2D eigenvalue weighted by atomic mass is 28.3. The number of aromatic nitrogens is 4. The van der Waals surface area contributed by atoms with Crippen molar-refractivity contribution in [3.05, 3.63) is 249 Å². The summed E-state index contributed by atoms with van der Waals surface area (Å²) in [5, 5.41) is 12.4. The van der Waals surface area contributed by atoms with E-state index in [1.54, 1.807) is 0 Å². The van der Waals surface area contributed by atoms with Crippen LogP contribution in [0.1, 0.15) is 0 Å². The van der Waals surface area contributed by atoms with Crippen LogP contribution in [0.25, 0.3) is 50.0 Å². The molecule has 0 N–H and O–H groups in total. The third kappa shape index (κ3) is 5.86. The second-order valence-corrected chi connectivity index (χ2v) is 25.3. The number of pyridine rings is 1. The van der Waals surface area contributed by atoms with Gasteiger partial charge in [0.1, 0.15) is 23.0 Å². The first-order chi connectivity index (χ1) is 33.7. The van der Waals surface area contributed by atoms with Crippen LogP contribution in [0.15, 0.2) is 249 Å². The number of benzene rings is 9. The van der Waals surface area contributed by atoms with Crippen LogP contribution in [-0.2, 0) is 7.05 Å². The molecule has 3 aromatic heterocycles. The van der Waals surface area contributed by atoms with Crippen molar-refractivity contribution in [2.45, 2.75) is 0 Å². The molecule has 9 aromatic carbocycles. The summed E-state index contributed by atoms with van der Waals surface area (Å²) in [6, 6.07) is 88.9. The molecule has 0 spiro atoms. The minimum atomic E-state index is -3.05. The summed E-state index contributed by atoms with van der Waals surface area (Å²) in [6.45, 7) is 0. The number of imidazole rings is 1. The van der Waals surface area contributed by atoms with Gasteiger partial charge in [-0.2, -0.15) is 0 Å². The van der Waals surface area contributed by atoms with Crippen molar-refractivity contribution in [3.8, 4) is 28.6 Å². The van der Waals surface area contributed by atoms with Crippen molar-refractivity contribution in [1.29, 1.82) is 0 Å². The molecule has 0 radical (unpaired) electrons. The predicted octanol–water partition coefficient (Wildman–Crippen LogP) is 8.59. The molecule has 4 heterocycles. The fourth-order valence-electron chi connectivity index (χ4n) is 11.4. The van der Waals surface area contributed by atoms with Crippen molar-refractivity contribution < 1.29 is 4.74 Å². The Hall–Kier alpha value is -8.37. The highest BCUT2D eigenvalue weighted by Gasteiger charge is 2.49. The van der Waals surface area contributed by atoms with Crippen molar-refractivity contribution in [1.82, 2.24) is 19.1 Å². The molecule has 1 aliphatic heterocycles. The van der Waals surface area contributed by atoms with Gasteiger partial charge in [-0.15, -0.1) is 0 Å². The Balaban J connectivity index is 1.08. The fraction of sp³-hybridized carbons (Fsp3) is 0.0164. The standard InChI is InChI=1S/C61H44N4OSi2/c1-64-53-35-15-14-34-52(53)63-60(64)43-21-18-31-49(41-43)67(45-23-6-2-7-24-45,46-25-8-3-9-26-46)50-32-19-22-44(42-50)65-54-38-39-57-59(58(54)51-33-20-40-62-61(51)65)66-55-36-16-17-37-56(55)68(57,47-27-10-4-11-28-47)48-29-12-5-13-30-48/h2-42H,1H3. The lowest BCUT2D eigenvalue weighted by Gasteiger charge is -2.39. The van der Waals surface area contributed by atoms with E-state index in [0.717, 1.165) is 61.5 Å². The van der Waals surface area contributed by atoms with Crippen LogP contribution >= 0.6 is 0 Å². The Morgan fingerprint density at radius 3 is 1.79 bits per heavy atom. The van der Waals surface area contributed by atoms with Crippen molar-refractivity contribution in [2.75, 3.05) is 0 Å². The van der Waals surface area contributed by atoms with Gasteiger partial charge in [-0.3, -0.25) is 4.57 Å². The van der Waals surface area contributed by atoms with Gasteiger partial charge in [0.25, 0.3) is 0 Å². The molecule has 0 amide bonds. The highest BCUT2D eigenvalue weighted by molar-refractivity contribution is 7.21. The van der Waals surface area contributed by atoms with Gasteiger partial charge in [-0.1, -0.05) is 194 Å². The lowest BCUT2D eigenvalue weighted by molar-refractivity contribution is 0.493. The number of hydrogen-bond donors (Lipinski definition) is 0. The summed E-state index contributed by atoms with van der Waals surface area (Å²) in [5.41, 5.74) is 6.17. The van der Waals surface area contributed by atoms with Gasteiger partial charge >= 0.3 is 0 Å². The van der Waals surface area contributed by atoms with Crippen LogP contribution in [0.2, 0.25) is 0 Å². The van der Waals surface area contributed by atoms with Gasteiger partial charge < -0.3 is 9.30 Å². The van der Waals surface area contributed by atoms with Crippen molar-refractivity contribution in [2.24, 2.45) is 7.05 Å². The number of fused-ring (bicyclic) bond motifs is 7. The molecule has 1 aliphatic rings. The molecule has 322 valence electrons. The normalized spacial score (nSPS) is 13.0. The molecule has 0 saturated carbocycles. The maximum absolute atomic E-state index is 7.27. The first-order valence-corrected chi connectivity index (χ1v) is 27.2. The van der Waals surface area contributed by atoms with E-state index in [2.05, 4.69) is 259 Å². The second-order valence-electron chi connectivity index (χ2n) is 17.7. The maximum atomic E-state index is 7.27. The molecule has 0 unspecified atom stereocenters. The number of hydrogen-bond acceptors (Lipinski definition) is 3. The number of aryl methyl sites for hydroxylation is 1. The van der Waals surface area contributed by atoms with Gasteiger partial charge in [0.2, 0.25) is 0 Å². The van der Waals surface area contributed by atoms with E-state index >= 15 is 0 Å². The minimum Gasteiger partial charge on any atom is -0.457 e. The molecule has 13 rings (SSSR count). The Labute approximate surface area is 396 Å². The summed E-state index contributed by atoms with van der Waals surface area (Å²) in [4.78, 5) is 10.4. The average molecular weight is 905 g/mol.